The number of hydrogen-bond donors (Lipinski definition) is 1. The quantitative estimate of drug-likeness (QED) is 0.580. The molecule has 0 spiro atoms. The normalized spacial score (nSPS) is 15.8. The monoisotopic (exact) mass is 178 g/mol. The van der Waals surface area contributed by atoms with Crippen LogP contribution >= 0.6 is 12.6 Å². The van der Waals surface area contributed by atoms with E-state index in [0.717, 1.165) is 4.90 Å². The van der Waals surface area contributed by atoms with Crippen LogP contribution < -0.4 is 0 Å². The molecule has 0 amide bonds. The molecule has 0 radical (unpaired) electrons. The van der Waals surface area contributed by atoms with Gasteiger partial charge in [-0.25, -0.2) is 0 Å². The lowest BCUT2D eigenvalue weighted by atomic mass is 9.89. The minimum Gasteiger partial charge on any atom is -0.143 e. The predicted molar refractivity (Wildman–Crippen MR) is 55.1 cm³/mol. The van der Waals surface area contributed by atoms with Gasteiger partial charge in [-0.15, -0.1) is 12.6 Å². The van der Waals surface area contributed by atoms with E-state index in [1.165, 1.54) is 36.8 Å². The van der Waals surface area contributed by atoms with Gasteiger partial charge < -0.3 is 0 Å². The highest BCUT2D eigenvalue weighted by Crippen LogP contribution is 2.26. The van der Waals surface area contributed by atoms with Gasteiger partial charge in [-0.1, -0.05) is 0 Å². The van der Waals surface area contributed by atoms with E-state index in [1.54, 1.807) is 5.56 Å². The van der Waals surface area contributed by atoms with Crippen LogP contribution in [0.5, 0.6) is 0 Å². The molecular formula is C11H14S. The zero-order valence-corrected chi connectivity index (χ0v) is 8.32. The molecule has 0 bridgehead atoms. The Balaban J connectivity index is 2.53. The molecule has 0 heterocycles. The Labute approximate surface area is 79.4 Å². The van der Waals surface area contributed by atoms with Crippen molar-refractivity contribution in [1.29, 1.82) is 0 Å². The summed E-state index contributed by atoms with van der Waals surface area (Å²) in [6.45, 7) is 2.20. The number of thiol groups is 1. The Morgan fingerprint density at radius 2 is 1.92 bits per heavy atom. The summed E-state index contributed by atoms with van der Waals surface area (Å²) in [5, 5.41) is 0. The minimum absolute atomic E-state index is 1.12. The second-order valence-electron chi connectivity index (χ2n) is 3.61. The summed E-state index contributed by atoms with van der Waals surface area (Å²) in [4.78, 5) is 1.12. The van der Waals surface area contributed by atoms with Gasteiger partial charge in [-0.2, -0.15) is 0 Å². The average Bonchev–Trinajstić information content (AvgIpc) is 2.04. The van der Waals surface area contributed by atoms with Gasteiger partial charge in [0.05, 0.1) is 0 Å². The molecule has 0 saturated carbocycles. The molecule has 0 saturated heterocycles. The van der Waals surface area contributed by atoms with Crippen molar-refractivity contribution in [3.8, 4) is 0 Å². The number of rotatable bonds is 0. The highest BCUT2D eigenvalue weighted by atomic mass is 32.1. The Bertz CT molecular complexity index is 302. The second kappa shape index (κ2) is 3.14. The molecule has 1 aliphatic carbocycles. The Kier molecular flexibility index (Phi) is 2.14. The topological polar surface area (TPSA) is 0 Å². The number of benzene rings is 1. The van der Waals surface area contributed by atoms with E-state index in [-0.39, 0.29) is 0 Å². The number of fused-ring (bicyclic) bond motifs is 1. The molecule has 12 heavy (non-hydrogen) atoms. The summed E-state index contributed by atoms with van der Waals surface area (Å²) in [5.74, 6) is 0. The molecular weight excluding hydrogens is 164 g/mol. The summed E-state index contributed by atoms with van der Waals surface area (Å²) in [6.07, 6.45) is 5.24. The lowest BCUT2D eigenvalue weighted by molar-refractivity contribution is 0.680. The molecule has 0 atom stereocenters. The molecule has 64 valence electrons. The van der Waals surface area contributed by atoms with E-state index in [1.807, 2.05) is 0 Å². The van der Waals surface area contributed by atoms with E-state index >= 15 is 0 Å². The molecule has 0 fully saturated rings. The van der Waals surface area contributed by atoms with Crippen molar-refractivity contribution in [2.45, 2.75) is 37.5 Å². The van der Waals surface area contributed by atoms with Crippen molar-refractivity contribution in [2.75, 3.05) is 0 Å². The SMILES string of the molecule is Cc1cc(S)cc2c1CCCC2. The lowest BCUT2D eigenvalue weighted by Crippen LogP contribution is -2.04. The van der Waals surface area contributed by atoms with E-state index in [9.17, 15) is 0 Å². The maximum Gasteiger partial charge on any atom is 0.00455 e. The zero-order chi connectivity index (χ0) is 8.55. The van der Waals surface area contributed by atoms with Crippen LogP contribution in [0.2, 0.25) is 0 Å². The third-order valence-electron chi connectivity index (χ3n) is 2.67. The smallest absolute Gasteiger partial charge is 0.00455 e. The van der Waals surface area contributed by atoms with Crippen LogP contribution in [-0.4, -0.2) is 0 Å². The molecule has 0 unspecified atom stereocenters. The fraction of sp³-hybridized carbons (Fsp3) is 0.455. The van der Waals surface area contributed by atoms with Crippen LogP contribution in [0, 0.1) is 6.92 Å². The van der Waals surface area contributed by atoms with Gasteiger partial charge in [0.1, 0.15) is 0 Å². The first-order valence-corrected chi connectivity index (χ1v) is 5.03. The summed E-state index contributed by atoms with van der Waals surface area (Å²) in [6, 6.07) is 4.40. The highest BCUT2D eigenvalue weighted by Gasteiger charge is 2.11. The van der Waals surface area contributed by atoms with Gasteiger partial charge in [-0.3, -0.25) is 0 Å². The van der Waals surface area contributed by atoms with E-state index in [0.29, 0.717) is 0 Å². The van der Waals surface area contributed by atoms with Crippen LogP contribution in [0.1, 0.15) is 29.5 Å². The van der Waals surface area contributed by atoms with Gasteiger partial charge in [0.15, 0.2) is 0 Å². The molecule has 0 aromatic heterocycles. The van der Waals surface area contributed by atoms with Crippen LogP contribution in [-0.2, 0) is 12.8 Å². The number of aryl methyl sites for hydroxylation is 2. The molecule has 1 aromatic rings. The van der Waals surface area contributed by atoms with Crippen molar-refractivity contribution in [2.24, 2.45) is 0 Å². The Morgan fingerprint density at radius 1 is 1.17 bits per heavy atom. The minimum atomic E-state index is 1.12. The molecule has 0 aliphatic heterocycles. The third kappa shape index (κ3) is 1.38. The first-order chi connectivity index (χ1) is 5.77. The fourth-order valence-electron chi connectivity index (χ4n) is 2.07. The van der Waals surface area contributed by atoms with E-state index < -0.39 is 0 Å². The Morgan fingerprint density at radius 3 is 2.75 bits per heavy atom. The van der Waals surface area contributed by atoms with Crippen molar-refractivity contribution >= 4 is 12.6 Å². The average molecular weight is 178 g/mol. The maximum atomic E-state index is 4.39. The van der Waals surface area contributed by atoms with Gasteiger partial charge in [0.25, 0.3) is 0 Å². The van der Waals surface area contributed by atoms with Gasteiger partial charge in [0.2, 0.25) is 0 Å². The standard InChI is InChI=1S/C11H14S/c1-8-6-10(12)7-9-4-2-3-5-11(8)9/h6-7,12H,2-5H2,1H3. The molecule has 0 N–H and O–H groups in total. The van der Waals surface area contributed by atoms with Crippen molar-refractivity contribution in [3.63, 3.8) is 0 Å². The fourth-order valence-corrected chi connectivity index (χ4v) is 2.42. The molecule has 1 heteroatoms. The first kappa shape index (κ1) is 8.18. The largest absolute Gasteiger partial charge is 0.143 e. The van der Waals surface area contributed by atoms with E-state index in [2.05, 4.69) is 31.7 Å². The zero-order valence-electron chi connectivity index (χ0n) is 7.43. The van der Waals surface area contributed by atoms with Crippen LogP contribution in [0.15, 0.2) is 17.0 Å². The van der Waals surface area contributed by atoms with Gasteiger partial charge >= 0.3 is 0 Å². The van der Waals surface area contributed by atoms with Crippen LogP contribution in [0.25, 0.3) is 0 Å². The van der Waals surface area contributed by atoms with Crippen LogP contribution in [0.4, 0.5) is 0 Å². The molecule has 0 nitrogen and oxygen atoms in total. The Hall–Kier alpha value is -0.430. The van der Waals surface area contributed by atoms with Gasteiger partial charge in [-0.05, 0) is 61.4 Å². The lowest BCUT2D eigenvalue weighted by Gasteiger charge is -2.18. The van der Waals surface area contributed by atoms with Crippen LogP contribution in [0.3, 0.4) is 0 Å². The molecule has 1 aromatic carbocycles. The third-order valence-corrected chi connectivity index (χ3v) is 2.93. The second-order valence-corrected chi connectivity index (χ2v) is 4.12. The molecule has 1 aliphatic rings. The summed E-state index contributed by atoms with van der Waals surface area (Å²) in [5.41, 5.74) is 4.54. The van der Waals surface area contributed by atoms with Gasteiger partial charge in [0, 0.05) is 4.90 Å². The summed E-state index contributed by atoms with van der Waals surface area (Å²) >= 11 is 4.39. The number of hydrogen-bond acceptors (Lipinski definition) is 1. The van der Waals surface area contributed by atoms with Crippen molar-refractivity contribution in [1.82, 2.24) is 0 Å². The maximum absolute atomic E-state index is 4.39. The predicted octanol–water partition coefficient (Wildman–Crippen LogP) is 3.16. The van der Waals surface area contributed by atoms with E-state index in [4.69, 9.17) is 0 Å². The first-order valence-electron chi connectivity index (χ1n) is 4.59. The summed E-state index contributed by atoms with van der Waals surface area (Å²) < 4.78 is 0. The summed E-state index contributed by atoms with van der Waals surface area (Å²) in [7, 11) is 0. The van der Waals surface area contributed by atoms with Crippen molar-refractivity contribution in [3.05, 3.63) is 28.8 Å². The highest BCUT2D eigenvalue weighted by molar-refractivity contribution is 7.80. The molecule has 2 rings (SSSR count). The van der Waals surface area contributed by atoms with Crippen molar-refractivity contribution < 1.29 is 0 Å².